The summed E-state index contributed by atoms with van der Waals surface area (Å²) in [5.41, 5.74) is 4.95. The molecule has 0 unspecified atom stereocenters. The summed E-state index contributed by atoms with van der Waals surface area (Å²) in [6.07, 6.45) is 1.38. The molecule has 0 saturated heterocycles. The summed E-state index contributed by atoms with van der Waals surface area (Å²) in [5, 5.41) is 3.78. The van der Waals surface area contributed by atoms with Gasteiger partial charge >= 0.3 is 0 Å². The topological polar surface area (TPSA) is 90.0 Å². The van der Waals surface area contributed by atoms with E-state index in [1.165, 1.54) is 10.9 Å². The zero-order chi connectivity index (χ0) is 11.9. The molecule has 0 aromatic carbocycles. The van der Waals surface area contributed by atoms with Gasteiger partial charge in [0.1, 0.15) is 4.90 Å². The van der Waals surface area contributed by atoms with Crippen molar-refractivity contribution >= 4 is 15.8 Å². The van der Waals surface area contributed by atoms with Crippen molar-refractivity contribution < 1.29 is 8.42 Å². The lowest BCUT2D eigenvalue weighted by Crippen LogP contribution is -2.40. The Morgan fingerprint density at radius 2 is 2.00 bits per heavy atom. The molecule has 0 atom stereocenters. The Balaban J connectivity index is 3.13. The van der Waals surface area contributed by atoms with Crippen LogP contribution in [0.3, 0.4) is 0 Å². The molecule has 0 amide bonds. The van der Waals surface area contributed by atoms with Crippen LogP contribution in [0.4, 0.5) is 5.82 Å². The number of aryl methyl sites for hydroxylation is 1. The number of hydrogen-bond donors (Lipinski definition) is 2. The lowest BCUT2D eigenvalue weighted by molar-refractivity contribution is 0.491. The summed E-state index contributed by atoms with van der Waals surface area (Å²) < 4.78 is 27.5. The molecule has 0 bridgehead atoms. The number of hydrogen-bond acceptors (Lipinski definition) is 4. The monoisotopic (exact) mass is 232 g/mol. The van der Waals surface area contributed by atoms with E-state index in [1.807, 2.05) is 0 Å². The molecule has 0 fully saturated rings. The average molecular weight is 232 g/mol. The maximum absolute atomic E-state index is 11.8. The zero-order valence-electron chi connectivity index (χ0n) is 9.27. The highest BCUT2D eigenvalue weighted by molar-refractivity contribution is 7.89. The van der Waals surface area contributed by atoms with Crippen molar-refractivity contribution in [2.75, 3.05) is 5.73 Å². The number of anilines is 1. The van der Waals surface area contributed by atoms with E-state index in [0.29, 0.717) is 0 Å². The third-order valence-corrected chi connectivity index (χ3v) is 3.33. The largest absolute Gasteiger partial charge is 0.381 e. The molecule has 0 radical (unpaired) electrons. The second-order valence-corrected chi connectivity index (χ2v) is 6.06. The molecule has 1 aromatic heterocycles. The standard InChI is InChI=1S/C8H16N4O2S/c1-8(2,3)11-15(13,14)6-5-12(4)10-7(6)9/h5,11H,1-4H3,(H2,9,10). The third-order valence-electron chi connectivity index (χ3n) is 1.55. The molecule has 0 aliphatic heterocycles. The molecule has 86 valence electrons. The predicted octanol–water partition coefficient (Wildman–Crippen LogP) is 0.0791. The minimum atomic E-state index is -3.59. The highest BCUT2D eigenvalue weighted by Crippen LogP contribution is 2.17. The van der Waals surface area contributed by atoms with Gasteiger partial charge in [0.25, 0.3) is 0 Å². The van der Waals surface area contributed by atoms with Crippen molar-refractivity contribution in [1.29, 1.82) is 0 Å². The first-order valence-corrected chi connectivity index (χ1v) is 5.93. The quantitative estimate of drug-likeness (QED) is 0.755. The summed E-state index contributed by atoms with van der Waals surface area (Å²) in [6, 6.07) is 0. The Kier molecular flexibility index (Phi) is 2.79. The van der Waals surface area contributed by atoms with Crippen LogP contribution in [0.2, 0.25) is 0 Å². The summed E-state index contributed by atoms with van der Waals surface area (Å²) in [6.45, 7) is 5.28. The maximum atomic E-state index is 11.8. The minimum Gasteiger partial charge on any atom is -0.381 e. The fourth-order valence-corrected chi connectivity index (χ4v) is 2.67. The van der Waals surface area contributed by atoms with E-state index in [0.717, 1.165) is 0 Å². The summed E-state index contributed by atoms with van der Waals surface area (Å²) >= 11 is 0. The van der Waals surface area contributed by atoms with Gasteiger partial charge in [-0.05, 0) is 20.8 Å². The van der Waals surface area contributed by atoms with Gasteiger partial charge in [-0.1, -0.05) is 0 Å². The van der Waals surface area contributed by atoms with Crippen molar-refractivity contribution in [2.45, 2.75) is 31.2 Å². The maximum Gasteiger partial charge on any atom is 0.246 e. The fraction of sp³-hybridized carbons (Fsp3) is 0.625. The van der Waals surface area contributed by atoms with Crippen LogP contribution in [0, 0.1) is 0 Å². The number of nitrogen functional groups attached to an aromatic ring is 1. The van der Waals surface area contributed by atoms with E-state index >= 15 is 0 Å². The highest BCUT2D eigenvalue weighted by Gasteiger charge is 2.25. The zero-order valence-corrected chi connectivity index (χ0v) is 10.1. The number of nitrogens with one attached hydrogen (secondary N) is 1. The number of nitrogens with zero attached hydrogens (tertiary/aromatic N) is 2. The van der Waals surface area contributed by atoms with Gasteiger partial charge in [-0.15, -0.1) is 0 Å². The first-order valence-electron chi connectivity index (χ1n) is 4.45. The van der Waals surface area contributed by atoms with Gasteiger partial charge in [0.2, 0.25) is 10.0 Å². The van der Waals surface area contributed by atoms with Crippen LogP contribution < -0.4 is 10.5 Å². The van der Waals surface area contributed by atoms with Gasteiger partial charge < -0.3 is 5.73 Å². The number of sulfonamides is 1. The van der Waals surface area contributed by atoms with E-state index < -0.39 is 15.6 Å². The normalized spacial score (nSPS) is 13.1. The van der Waals surface area contributed by atoms with E-state index in [4.69, 9.17) is 5.73 Å². The van der Waals surface area contributed by atoms with Gasteiger partial charge in [-0.2, -0.15) is 5.10 Å². The van der Waals surface area contributed by atoms with Crippen LogP contribution in [-0.2, 0) is 17.1 Å². The van der Waals surface area contributed by atoms with Crippen LogP contribution in [0.5, 0.6) is 0 Å². The molecule has 0 aliphatic rings. The molecule has 1 aromatic rings. The first kappa shape index (κ1) is 12.0. The van der Waals surface area contributed by atoms with Crippen molar-refractivity contribution in [2.24, 2.45) is 7.05 Å². The Labute approximate surface area is 89.5 Å². The Hall–Kier alpha value is -1.08. The Morgan fingerprint density at radius 1 is 1.47 bits per heavy atom. The van der Waals surface area contributed by atoms with Gasteiger partial charge in [-0.25, -0.2) is 13.1 Å². The van der Waals surface area contributed by atoms with E-state index in [-0.39, 0.29) is 10.7 Å². The molecule has 6 nitrogen and oxygen atoms in total. The van der Waals surface area contributed by atoms with E-state index in [2.05, 4.69) is 9.82 Å². The van der Waals surface area contributed by atoms with Gasteiger partial charge in [-0.3, -0.25) is 4.68 Å². The van der Waals surface area contributed by atoms with Crippen LogP contribution in [-0.4, -0.2) is 23.7 Å². The fourth-order valence-electron chi connectivity index (χ4n) is 1.15. The van der Waals surface area contributed by atoms with Crippen LogP contribution in [0.1, 0.15) is 20.8 Å². The van der Waals surface area contributed by atoms with Crippen molar-refractivity contribution in [1.82, 2.24) is 14.5 Å². The molecule has 15 heavy (non-hydrogen) atoms. The van der Waals surface area contributed by atoms with Gasteiger partial charge in [0.15, 0.2) is 5.82 Å². The second-order valence-electron chi connectivity index (χ2n) is 4.41. The third kappa shape index (κ3) is 2.93. The molecule has 0 spiro atoms. The summed E-state index contributed by atoms with van der Waals surface area (Å²) in [5.74, 6) is 0.00856. The summed E-state index contributed by atoms with van der Waals surface area (Å²) in [7, 11) is -1.97. The predicted molar refractivity (Wildman–Crippen MR) is 57.7 cm³/mol. The Morgan fingerprint density at radius 3 is 2.33 bits per heavy atom. The van der Waals surface area contributed by atoms with Crippen LogP contribution >= 0.6 is 0 Å². The molecule has 1 heterocycles. The van der Waals surface area contributed by atoms with Crippen molar-refractivity contribution in [3.8, 4) is 0 Å². The van der Waals surface area contributed by atoms with E-state index in [1.54, 1.807) is 27.8 Å². The Bertz CT molecular complexity index is 455. The summed E-state index contributed by atoms with van der Waals surface area (Å²) in [4.78, 5) is 0.0138. The smallest absolute Gasteiger partial charge is 0.246 e. The van der Waals surface area contributed by atoms with Gasteiger partial charge in [0.05, 0.1) is 0 Å². The van der Waals surface area contributed by atoms with Gasteiger partial charge in [0, 0.05) is 18.8 Å². The van der Waals surface area contributed by atoms with Crippen LogP contribution in [0.25, 0.3) is 0 Å². The average Bonchev–Trinajstić information content (AvgIpc) is 2.24. The molecule has 1 rings (SSSR count). The SMILES string of the molecule is Cn1cc(S(=O)(=O)NC(C)(C)C)c(N)n1. The second kappa shape index (κ2) is 3.49. The molecule has 0 saturated carbocycles. The number of nitrogens with two attached hydrogens (primary N) is 1. The molecular formula is C8H16N4O2S. The first-order chi connectivity index (χ1) is 6.62. The number of aromatic nitrogens is 2. The molecule has 0 aliphatic carbocycles. The molecular weight excluding hydrogens is 216 g/mol. The lowest BCUT2D eigenvalue weighted by Gasteiger charge is -2.19. The van der Waals surface area contributed by atoms with E-state index in [9.17, 15) is 8.42 Å². The van der Waals surface area contributed by atoms with Crippen LogP contribution in [0.15, 0.2) is 11.1 Å². The molecule has 3 N–H and O–H groups in total. The molecule has 7 heteroatoms. The van der Waals surface area contributed by atoms with Crippen molar-refractivity contribution in [3.63, 3.8) is 0 Å². The minimum absolute atomic E-state index is 0.00856. The lowest BCUT2D eigenvalue weighted by atomic mass is 10.1. The van der Waals surface area contributed by atoms with Crippen molar-refractivity contribution in [3.05, 3.63) is 6.20 Å². The number of rotatable bonds is 2. The highest BCUT2D eigenvalue weighted by atomic mass is 32.2.